The normalized spacial score (nSPS) is 12.8. The summed E-state index contributed by atoms with van der Waals surface area (Å²) in [6.07, 6.45) is 2.23. The molecular formula is C23H24N2O4S4. The number of hydrogen-bond acceptors (Lipinski definition) is 7. The Kier molecular flexibility index (Phi) is 10.2. The smallest absolute Gasteiger partial charge is 0.326 e. The van der Waals surface area contributed by atoms with Crippen molar-refractivity contribution in [1.29, 1.82) is 0 Å². The van der Waals surface area contributed by atoms with Crippen LogP contribution in [0.1, 0.15) is 21.7 Å². The number of nitrogens with one attached hydrogen (secondary N) is 2. The fraction of sp³-hybridized carbons (Fsp3) is 0.217. The molecule has 1 aromatic heterocycles. The summed E-state index contributed by atoms with van der Waals surface area (Å²) in [5, 5.41) is 14.1. The van der Waals surface area contributed by atoms with Crippen LogP contribution in [0.3, 0.4) is 0 Å². The molecular weight excluding hydrogens is 497 g/mol. The molecule has 10 heteroatoms. The highest BCUT2D eigenvalue weighted by atomic mass is 33.1. The molecule has 0 aliphatic heterocycles. The lowest BCUT2D eigenvalue weighted by atomic mass is 9.99. The summed E-state index contributed by atoms with van der Waals surface area (Å²) < 4.78 is 15.5. The van der Waals surface area contributed by atoms with E-state index in [0.29, 0.717) is 29.8 Å². The van der Waals surface area contributed by atoms with Gasteiger partial charge in [-0.25, -0.2) is 4.79 Å². The van der Waals surface area contributed by atoms with Crippen molar-refractivity contribution in [1.82, 2.24) is 10.0 Å². The Morgan fingerprint density at radius 2 is 1.94 bits per heavy atom. The van der Waals surface area contributed by atoms with Crippen LogP contribution in [0.2, 0.25) is 0 Å². The third kappa shape index (κ3) is 7.80. The van der Waals surface area contributed by atoms with Crippen LogP contribution in [-0.2, 0) is 21.7 Å². The van der Waals surface area contributed by atoms with E-state index < -0.39 is 28.3 Å². The standard InChI is InChI=1S/C23H24N2O4S4/c1-30-13-11-21(23(27)28)25-22(26)19-10-9-17(14-20(19)16-6-3-2-4-7-16)32-33(29)24-15-18-8-5-12-31-18/h2-10,12,14,21,24H,11,13,15H2,1H3,(H,25,26)(H,27,28)/t21-,33?/m0/s1. The van der Waals surface area contributed by atoms with Crippen LogP contribution in [0, 0.1) is 0 Å². The Morgan fingerprint density at radius 1 is 1.15 bits per heavy atom. The van der Waals surface area contributed by atoms with E-state index in [-0.39, 0.29) is 0 Å². The van der Waals surface area contributed by atoms with Gasteiger partial charge in [0.25, 0.3) is 5.91 Å². The Morgan fingerprint density at radius 3 is 2.61 bits per heavy atom. The van der Waals surface area contributed by atoms with Crippen LogP contribution in [0.25, 0.3) is 11.1 Å². The highest BCUT2D eigenvalue weighted by Crippen LogP contribution is 2.32. The minimum atomic E-state index is -1.36. The molecule has 0 saturated carbocycles. The van der Waals surface area contributed by atoms with Gasteiger partial charge in [0.2, 0.25) is 0 Å². The average molecular weight is 521 g/mol. The van der Waals surface area contributed by atoms with Gasteiger partial charge in [-0.05, 0) is 59.2 Å². The largest absolute Gasteiger partial charge is 0.586 e. The van der Waals surface area contributed by atoms with Gasteiger partial charge in [-0.1, -0.05) is 36.4 Å². The van der Waals surface area contributed by atoms with Gasteiger partial charge in [-0.15, -0.1) is 16.1 Å². The molecule has 3 rings (SSSR count). The fourth-order valence-electron chi connectivity index (χ4n) is 3.02. The lowest BCUT2D eigenvalue weighted by Gasteiger charge is -2.17. The summed E-state index contributed by atoms with van der Waals surface area (Å²) in [6, 6.07) is 17.6. The molecule has 0 radical (unpaired) electrons. The number of carboxylic acids is 1. The number of rotatable bonds is 12. The van der Waals surface area contributed by atoms with Gasteiger partial charge in [0.1, 0.15) is 27.2 Å². The van der Waals surface area contributed by atoms with Crippen molar-refractivity contribution in [3.05, 3.63) is 76.5 Å². The maximum Gasteiger partial charge on any atom is 0.326 e. The van der Waals surface area contributed by atoms with Crippen LogP contribution in [0.5, 0.6) is 0 Å². The number of hydrogen-bond donors (Lipinski definition) is 3. The van der Waals surface area contributed by atoms with Crippen LogP contribution >= 0.6 is 33.9 Å². The van der Waals surface area contributed by atoms with Crippen LogP contribution in [0.4, 0.5) is 0 Å². The molecule has 0 spiro atoms. The Bertz CT molecular complexity index is 1050. The molecule has 0 fully saturated rings. The second-order valence-corrected chi connectivity index (χ2v) is 11.8. The predicted octanol–water partition coefficient (Wildman–Crippen LogP) is 4.81. The molecule has 0 aliphatic carbocycles. The van der Waals surface area contributed by atoms with Crippen molar-refractivity contribution >= 4 is 56.2 Å². The van der Waals surface area contributed by atoms with Crippen LogP contribution in [0.15, 0.2) is 70.9 Å². The minimum absolute atomic E-state index is 0.339. The SMILES string of the molecule is CSCC[C@H](NC(=O)c1ccc(S[S+]([O-])NCc2cccs2)cc1-c1ccccc1)C(=O)O. The van der Waals surface area contributed by atoms with E-state index in [0.717, 1.165) is 26.1 Å². The number of carboxylic acid groups (broad SMARTS) is 1. The molecule has 1 heterocycles. The highest BCUT2D eigenvalue weighted by Gasteiger charge is 2.23. The highest BCUT2D eigenvalue weighted by molar-refractivity contribution is 8.71. The monoisotopic (exact) mass is 520 g/mol. The molecule has 33 heavy (non-hydrogen) atoms. The zero-order chi connectivity index (χ0) is 23.6. The summed E-state index contributed by atoms with van der Waals surface area (Å²) in [7, 11) is -0.202. The van der Waals surface area contributed by atoms with Crippen molar-refractivity contribution < 1.29 is 19.2 Å². The molecule has 3 N–H and O–H groups in total. The molecule has 2 atom stereocenters. The number of amides is 1. The van der Waals surface area contributed by atoms with E-state index >= 15 is 0 Å². The summed E-state index contributed by atoms with van der Waals surface area (Å²) in [6.45, 7) is 0.510. The first-order chi connectivity index (χ1) is 16.0. The fourth-order valence-corrected chi connectivity index (χ4v) is 6.21. The van der Waals surface area contributed by atoms with Crippen molar-refractivity contribution in [2.75, 3.05) is 12.0 Å². The third-order valence-electron chi connectivity index (χ3n) is 4.65. The number of carbonyl (C=O) groups excluding carboxylic acids is 1. The quantitative estimate of drug-likeness (QED) is 0.233. The summed E-state index contributed by atoms with van der Waals surface area (Å²) in [4.78, 5) is 26.4. The van der Waals surface area contributed by atoms with Gasteiger partial charge in [-0.2, -0.15) is 11.8 Å². The predicted molar refractivity (Wildman–Crippen MR) is 139 cm³/mol. The maximum absolute atomic E-state index is 13.0. The van der Waals surface area contributed by atoms with Gasteiger partial charge >= 0.3 is 5.97 Å². The van der Waals surface area contributed by atoms with E-state index in [9.17, 15) is 19.2 Å². The van der Waals surface area contributed by atoms with Crippen molar-refractivity contribution in [3.63, 3.8) is 0 Å². The molecule has 2 aromatic carbocycles. The van der Waals surface area contributed by atoms with E-state index in [1.807, 2.05) is 60.2 Å². The Labute approximate surface area is 208 Å². The Hall–Kier alpha value is -1.95. The number of carbonyl (C=O) groups is 2. The molecule has 174 valence electrons. The number of aliphatic carboxylic acids is 1. The van der Waals surface area contributed by atoms with E-state index in [1.165, 1.54) is 11.8 Å². The Balaban J connectivity index is 1.80. The van der Waals surface area contributed by atoms with Crippen LogP contribution in [-0.4, -0.2) is 39.6 Å². The van der Waals surface area contributed by atoms with Gasteiger partial charge < -0.3 is 15.0 Å². The lowest BCUT2D eigenvalue weighted by Crippen LogP contribution is -2.41. The van der Waals surface area contributed by atoms with Gasteiger partial charge in [-0.3, -0.25) is 4.79 Å². The number of benzene rings is 2. The topological polar surface area (TPSA) is 101 Å². The van der Waals surface area contributed by atoms with Gasteiger partial charge in [0.15, 0.2) is 0 Å². The zero-order valence-corrected chi connectivity index (χ0v) is 21.1. The summed E-state index contributed by atoms with van der Waals surface area (Å²) in [5.41, 5.74) is 1.85. The van der Waals surface area contributed by atoms with Crippen molar-refractivity contribution in [3.8, 4) is 11.1 Å². The zero-order valence-electron chi connectivity index (χ0n) is 17.9. The third-order valence-corrected chi connectivity index (χ3v) is 8.53. The minimum Gasteiger partial charge on any atom is -0.586 e. The second-order valence-electron chi connectivity index (χ2n) is 6.94. The maximum atomic E-state index is 13.0. The summed E-state index contributed by atoms with van der Waals surface area (Å²) in [5.74, 6) is -0.878. The van der Waals surface area contributed by atoms with Crippen molar-refractivity contribution in [2.45, 2.75) is 23.9 Å². The lowest BCUT2D eigenvalue weighted by molar-refractivity contribution is -0.139. The second kappa shape index (κ2) is 13.1. The molecule has 1 amide bonds. The van der Waals surface area contributed by atoms with Gasteiger partial charge in [0, 0.05) is 10.4 Å². The molecule has 3 aromatic rings. The molecule has 6 nitrogen and oxygen atoms in total. The van der Waals surface area contributed by atoms with E-state index in [1.54, 1.807) is 23.5 Å². The van der Waals surface area contributed by atoms with Crippen molar-refractivity contribution in [2.24, 2.45) is 0 Å². The first-order valence-corrected chi connectivity index (χ1v) is 14.8. The molecule has 0 aliphatic rings. The molecule has 0 bridgehead atoms. The number of thioether (sulfide) groups is 1. The van der Waals surface area contributed by atoms with Crippen LogP contribution < -0.4 is 10.0 Å². The molecule has 0 saturated heterocycles. The van der Waals surface area contributed by atoms with Gasteiger partial charge in [0.05, 0.1) is 11.4 Å². The number of thiophene rings is 1. The first kappa shape index (κ1) is 25.7. The van der Waals surface area contributed by atoms with E-state index in [4.69, 9.17) is 0 Å². The average Bonchev–Trinajstić information content (AvgIpc) is 3.34. The van der Waals surface area contributed by atoms with E-state index in [2.05, 4.69) is 10.0 Å². The summed E-state index contributed by atoms with van der Waals surface area (Å²) >= 11 is 3.12. The first-order valence-electron chi connectivity index (χ1n) is 10.1. The molecule has 1 unspecified atom stereocenters.